The number of nitro groups is 1. The highest BCUT2D eigenvalue weighted by molar-refractivity contribution is 5.68. The lowest BCUT2D eigenvalue weighted by atomic mass is 10.1. The van der Waals surface area contributed by atoms with E-state index in [1.165, 1.54) is 7.11 Å². The fourth-order valence-corrected chi connectivity index (χ4v) is 2.19. The van der Waals surface area contributed by atoms with Crippen molar-refractivity contribution in [3.8, 4) is 5.75 Å². The number of methoxy groups -OCH3 is 1. The second-order valence-corrected chi connectivity index (χ2v) is 4.30. The quantitative estimate of drug-likeness (QED) is 0.630. The summed E-state index contributed by atoms with van der Waals surface area (Å²) in [5.74, 6) is 0.286. The van der Waals surface area contributed by atoms with Crippen molar-refractivity contribution in [1.29, 1.82) is 0 Å². The van der Waals surface area contributed by atoms with Crippen LogP contribution < -0.4 is 15.4 Å². The van der Waals surface area contributed by atoms with E-state index >= 15 is 0 Å². The highest BCUT2D eigenvalue weighted by atomic mass is 16.6. The Balaban J connectivity index is 2.23. The van der Waals surface area contributed by atoms with Crippen LogP contribution in [0.2, 0.25) is 0 Å². The van der Waals surface area contributed by atoms with E-state index in [9.17, 15) is 10.1 Å². The second-order valence-electron chi connectivity index (χ2n) is 4.30. The lowest BCUT2D eigenvalue weighted by Gasteiger charge is -2.24. The van der Waals surface area contributed by atoms with Crippen LogP contribution in [-0.4, -0.2) is 31.2 Å². The van der Waals surface area contributed by atoms with Gasteiger partial charge in [-0.25, -0.2) is 0 Å². The average molecular weight is 251 g/mol. The molecule has 6 heteroatoms. The van der Waals surface area contributed by atoms with Gasteiger partial charge in [-0.05, 0) is 31.5 Å². The van der Waals surface area contributed by atoms with Gasteiger partial charge in [-0.15, -0.1) is 0 Å². The van der Waals surface area contributed by atoms with Gasteiger partial charge in [-0.2, -0.15) is 0 Å². The zero-order chi connectivity index (χ0) is 13.0. The Bertz CT molecular complexity index is 431. The average Bonchev–Trinajstić information content (AvgIpc) is 2.39. The molecule has 6 nitrogen and oxygen atoms in total. The SMILES string of the molecule is COc1cccc(NC2CCCNC2)c1[N+](=O)[O-]. The third-order valence-corrected chi connectivity index (χ3v) is 3.06. The van der Waals surface area contributed by atoms with Crippen molar-refractivity contribution in [1.82, 2.24) is 5.32 Å². The number of para-hydroxylation sites is 1. The number of nitrogens with one attached hydrogen (secondary N) is 2. The predicted octanol–water partition coefficient (Wildman–Crippen LogP) is 1.77. The van der Waals surface area contributed by atoms with Gasteiger partial charge in [-0.3, -0.25) is 10.1 Å². The Labute approximate surface area is 105 Å². The van der Waals surface area contributed by atoms with E-state index < -0.39 is 4.92 Å². The molecule has 1 fully saturated rings. The maximum Gasteiger partial charge on any atom is 0.333 e. The monoisotopic (exact) mass is 251 g/mol. The van der Waals surface area contributed by atoms with Crippen LogP contribution in [0.1, 0.15) is 12.8 Å². The number of ether oxygens (including phenoxy) is 1. The standard InChI is InChI=1S/C12H17N3O3/c1-18-11-6-2-5-10(12(11)15(16)17)14-9-4-3-7-13-8-9/h2,5-6,9,13-14H,3-4,7-8H2,1H3. The topological polar surface area (TPSA) is 76.4 Å². The van der Waals surface area contributed by atoms with Crippen LogP contribution in [0.3, 0.4) is 0 Å². The minimum Gasteiger partial charge on any atom is -0.490 e. The normalized spacial score (nSPS) is 19.3. The molecule has 1 aliphatic heterocycles. The molecular formula is C12H17N3O3. The summed E-state index contributed by atoms with van der Waals surface area (Å²) in [6, 6.07) is 5.30. The molecule has 1 heterocycles. The van der Waals surface area contributed by atoms with Crippen molar-refractivity contribution >= 4 is 11.4 Å². The van der Waals surface area contributed by atoms with Crippen molar-refractivity contribution in [2.45, 2.75) is 18.9 Å². The summed E-state index contributed by atoms with van der Waals surface area (Å²) in [6.45, 7) is 1.84. The molecule has 1 atom stereocenters. The molecule has 0 bridgehead atoms. The summed E-state index contributed by atoms with van der Waals surface area (Å²) in [6.07, 6.45) is 2.09. The van der Waals surface area contributed by atoms with Gasteiger partial charge in [0.2, 0.25) is 0 Å². The van der Waals surface area contributed by atoms with E-state index in [-0.39, 0.29) is 17.5 Å². The zero-order valence-electron chi connectivity index (χ0n) is 10.3. The molecule has 0 amide bonds. The number of hydrogen-bond acceptors (Lipinski definition) is 5. The van der Waals surface area contributed by atoms with Crippen LogP contribution in [0.5, 0.6) is 5.75 Å². The van der Waals surface area contributed by atoms with Crippen LogP contribution >= 0.6 is 0 Å². The Morgan fingerprint density at radius 3 is 3.00 bits per heavy atom. The van der Waals surface area contributed by atoms with Crippen LogP contribution in [-0.2, 0) is 0 Å². The first-order chi connectivity index (χ1) is 8.72. The fraction of sp³-hybridized carbons (Fsp3) is 0.500. The van der Waals surface area contributed by atoms with Crippen LogP contribution in [0, 0.1) is 10.1 Å². The van der Waals surface area contributed by atoms with E-state index in [1.807, 2.05) is 0 Å². The second kappa shape index (κ2) is 5.68. The molecule has 1 unspecified atom stereocenters. The molecule has 0 aromatic heterocycles. The maximum absolute atomic E-state index is 11.1. The third-order valence-electron chi connectivity index (χ3n) is 3.06. The molecule has 2 rings (SSSR count). The smallest absolute Gasteiger partial charge is 0.333 e. The molecule has 1 aliphatic rings. The highest BCUT2D eigenvalue weighted by Gasteiger charge is 2.23. The summed E-state index contributed by atoms with van der Waals surface area (Å²) in [5, 5.41) is 17.6. The summed E-state index contributed by atoms with van der Waals surface area (Å²) in [7, 11) is 1.44. The Morgan fingerprint density at radius 2 is 2.39 bits per heavy atom. The van der Waals surface area contributed by atoms with E-state index in [0.29, 0.717) is 5.69 Å². The molecule has 98 valence electrons. The molecular weight excluding hydrogens is 234 g/mol. The van der Waals surface area contributed by atoms with Crippen molar-refractivity contribution in [2.24, 2.45) is 0 Å². The van der Waals surface area contributed by atoms with Crippen LogP contribution in [0.25, 0.3) is 0 Å². The molecule has 1 aromatic rings. The zero-order valence-corrected chi connectivity index (χ0v) is 10.3. The minimum atomic E-state index is -0.405. The van der Waals surface area contributed by atoms with E-state index in [1.54, 1.807) is 18.2 Å². The molecule has 0 radical (unpaired) electrons. The molecule has 0 spiro atoms. The molecule has 1 aromatic carbocycles. The number of rotatable bonds is 4. The summed E-state index contributed by atoms with van der Waals surface area (Å²) in [5.41, 5.74) is 0.527. The number of nitro benzene ring substituents is 1. The first-order valence-electron chi connectivity index (χ1n) is 6.01. The molecule has 18 heavy (non-hydrogen) atoms. The maximum atomic E-state index is 11.1. The largest absolute Gasteiger partial charge is 0.490 e. The molecule has 0 saturated carbocycles. The van der Waals surface area contributed by atoms with Gasteiger partial charge in [0.25, 0.3) is 0 Å². The van der Waals surface area contributed by atoms with E-state index in [2.05, 4.69) is 10.6 Å². The van der Waals surface area contributed by atoms with Gasteiger partial charge in [0.15, 0.2) is 5.75 Å². The number of benzene rings is 1. The number of nitrogens with zero attached hydrogens (tertiary/aromatic N) is 1. The summed E-state index contributed by atoms with van der Waals surface area (Å²) >= 11 is 0. The Kier molecular flexibility index (Phi) is 3.99. The lowest BCUT2D eigenvalue weighted by molar-refractivity contribution is -0.384. The van der Waals surface area contributed by atoms with Gasteiger partial charge in [0.05, 0.1) is 12.0 Å². The van der Waals surface area contributed by atoms with Gasteiger partial charge in [-0.1, -0.05) is 6.07 Å². The fourth-order valence-electron chi connectivity index (χ4n) is 2.19. The minimum absolute atomic E-state index is 0.00516. The van der Waals surface area contributed by atoms with Gasteiger partial charge in [0, 0.05) is 12.6 Å². The number of piperidine rings is 1. The predicted molar refractivity (Wildman–Crippen MR) is 69.2 cm³/mol. The summed E-state index contributed by atoms with van der Waals surface area (Å²) < 4.78 is 5.04. The molecule has 0 aliphatic carbocycles. The highest BCUT2D eigenvalue weighted by Crippen LogP contribution is 2.35. The van der Waals surface area contributed by atoms with E-state index in [4.69, 9.17) is 4.74 Å². The first-order valence-corrected chi connectivity index (χ1v) is 6.01. The lowest BCUT2D eigenvalue weighted by Crippen LogP contribution is -2.38. The van der Waals surface area contributed by atoms with Gasteiger partial charge >= 0.3 is 5.69 Å². The van der Waals surface area contributed by atoms with Crippen molar-refractivity contribution in [3.63, 3.8) is 0 Å². The Morgan fingerprint density at radius 1 is 1.56 bits per heavy atom. The van der Waals surface area contributed by atoms with E-state index in [0.717, 1.165) is 25.9 Å². The van der Waals surface area contributed by atoms with Gasteiger partial charge < -0.3 is 15.4 Å². The van der Waals surface area contributed by atoms with Crippen LogP contribution in [0.4, 0.5) is 11.4 Å². The number of hydrogen-bond donors (Lipinski definition) is 2. The van der Waals surface area contributed by atoms with Crippen molar-refractivity contribution in [2.75, 3.05) is 25.5 Å². The molecule has 1 saturated heterocycles. The van der Waals surface area contributed by atoms with Crippen LogP contribution in [0.15, 0.2) is 18.2 Å². The Hall–Kier alpha value is -1.82. The van der Waals surface area contributed by atoms with Crippen molar-refractivity contribution < 1.29 is 9.66 Å². The van der Waals surface area contributed by atoms with Gasteiger partial charge in [0.1, 0.15) is 5.69 Å². The first kappa shape index (κ1) is 12.6. The van der Waals surface area contributed by atoms with Crippen molar-refractivity contribution in [3.05, 3.63) is 28.3 Å². The summed E-state index contributed by atoms with van der Waals surface area (Å²) in [4.78, 5) is 10.7. The molecule has 2 N–H and O–H groups in total. The number of anilines is 1. The third kappa shape index (κ3) is 2.70.